The maximum absolute atomic E-state index is 11.8. The Morgan fingerprint density at radius 2 is 2.05 bits per heavy atom. The van der Waals surface area contributed by atoms with Crippen LogP contribution in [0.15, 0.2) is 24.3 Å². The number of nitrogens with one attached hydrogen (secondary N) is 1. The summed E-state index contributed by atoms with van der Waals surface area (Å²) in [5.41, 5.74) is 0.344. The lowest BCUT2D eigenvalue weighted by Gasteiger charge is -2.20. The number of carboxylic acid groups (broad SMARTS) is 1. The third-order valence-electron chi connectivity index (χ3n) is 2.91. The van der Waals surface area contributed by atoms with Crippen LogP contribution in [0.3, 0.4) is 0 Å². The number of carbonyl (C=O) groups is 2. The van der Waals surface area contributed by atoms with Gasteiger partial charge in [-0.15, -0.1) is 0 Å². The van der Waals surface area contributed by atoms with E-state index in [-0.39, 0.29) is 18.9 Å². The zero-order chi connectivity index (χ0) is 15.8. The number of nitrogens with zero attached hydrogens (tertiary/aromatic N) is 1. The average molecular weight is 290 g/mol. The Bertz CT molecular complexity index is 549. The second kappa shape index (κ2) is 7.90. The summed E-state index contributed by atoms with van der Waals surface area (Å²) in [6, 6.07) is 8.11. The van der Waals surface area contributed by atoms with Gasteiger partial charge in [-0.1, -0.05) is 26.0 Å². The highest BCUT2D eigenvalue weighted by atomic mass is 16.5. The van der Waals surface area contributed by atoms with Gasteiger partial charge in [-0.25, -0.2) is 0 Å². The normalized spacial score (nSPS) is 11.5. The summed E-state index contributed by atoms with van der Waals surface area (Å²) in [5.74, 6) is -1.06. The molecule has 0 aromatic heterocycles. The van der Waals surface area contributed by atoms with Gasteiger partial charge in [0.05, 0.1) is 12.0 Å². The Balaban J connectivity index is 2.57. The topological polar surface area (TPSA) is 99.4 Å². The summed E-state index contributed by atoms with van der Waals surface area (Å²) in [7, 11) is 0. The lowest BCUT2D eigenvalue weighted by molar-refractivity contribution is -0.138. The molecule has 1 aromatic rings. The van der Waals surface area contributed by atoms with Gasteiger partial charge >= 0.3 is 5.97 Å². The van der Waals surface area contributed by atoms with Crippen LogP contribution >= 0.6 is 0 Å². The Morgan fingerprint density at radius 1 is 1.38 bits per heavy atom. The van der Waals surface area contributed by atoms with Crippen molar-refractivity contribution >= 4 is 11.9 Å². The first kappa shape index (κ1) is 16.5. The molecule has 0 spiro atoms. The van der Waals surface area contributed by atoms with E-state index in [0.717, 1.165) is 0 Å². The minimum atomic E-state index is -0.968. The van der Waals surface area contributed by atoms with Crippen LogP contribution < -0.4 is 10.1 Å². The van der Waals surface area contributed by atoms with Gasteiger partial charge < -0.3 is 15.2 Å². The fourth-order valence-corrected chi connectivity index (χ4v) is 1.72. The smallest absolute Gasteiger partial charge is 0.305 e. The summed E-state index contributed by atoms with van der Waals surface area (Å²) in [6.45, 7) is 3.40. The number of carboxylic acids is 1. The standard InChI is InChI=1S/C15H18N2O4/c1-10(2)12(7-15(19)20)17-14(18)9-21-13-6-4-3-5-11(13)8-16/h3-6,10,12H,7,9H2,1-2H3,(H,17,18)(H,19,20). The molecule has 21 heavy (non-hydrogen) atoms. The van der Waals surface area contributed by atoms with Gasteiger partial charge in [0.2, 0.25) is 0 Å². The fourth-order valence-electron chi connectivity index (χ4n) is 1.72. The van der Waals surface area contributed by atoms with Crippen LogP contribution in [0.25, 0.3) is 0 Å². The molecule has 0 fully saturated rings. The summed E-state index contributed by atoms with van der Waals surface area (Å²) in [6.07, 6.45) is -0.141. The van der Waals surface area contributed by atoms with Crippen LogP contribution in [0.1, 0.15) is 25.8 Å². The zero-order valence-electron chi connectivity index (χ0n) is 12.0. The minimum Gasteiger partial charge on any atom is -0.482 e. The molecule has 0 saturated carbocycles. The van der Waals surface area contributed by atoms with E-state index in [4.69, 9.17) is 15.1 Å². The highest BCUT2D eigenvalue weighted by molar-refractivity contribution is 5.79. The molecule has 112 valence electrons. The van der Waals surface area contributed by atoms with E-state index < -0.39 is 17.9 Å². The van der Waals surface area contributed by atoms with Crippen molar-refractivity contribution in [2.24, 2.45) is 5.92 Å². The van der Waals surface area contributed by atoms with Gasteiger partial charge in [-0.3, -0.25) is 9.59 Å². The highest BCUT2D eigenvalue weighted by Gasteiger charge is 2.19. The van der Waals surface area contributed by atoms with Gasteiger partial charge in [0.25, 0.3) is 5.91 Å². The molecule has 0 saturated heterocycles. The summed E-state index contributed by atoms with van der Waals surface area (Å²) < 4.78 is 5.29. The fraction of sp³-hybridized carbons (Fsp3) is 0.400. The Kier molecular flexibility index (Phi) is 6.21. The number of carbonyl (C=O) groups excluding carboxylic acids is 1. The van der Waals surface area contributed by atoms with Gasteiger partial charge in [0.15, 0.2) is 6.61 Å². The van der Waals surface area contributed by atoms with Crippen molar-refractivity contribution in [3.63, 3.8) is 0 Å². The van der Waals surface area contributed by atoms with Crippen molar-refractivity contribution in [3.8, 4) is 11.8 Å². The SMILES string of the molecule is CC(C)C(CC(=O)O)NC(=O)COc1ccccc1C#N. The van der Waals surface area contributed by atoms with Gasteiger partial charge in [0, 0.05) is 6.04 Å². The monoisotopic (exact) mass is 290 g/mol. The summed E-state index contributed by atoms with van der Waals surface area (Å²) >= 11 is 0. The van der Waals surface area contributed by atoms with Crippen LogP contribution in [0.4, 0.5) is 0 Å². The first-order valence-corrected chi connectivity index (χ1v) is 6.57. The third kappa shape index (κ3) is 5.53. The van der Waals surface area contributed by atoms with E-state index >= 15 is 0 Å². The van der Waals surface area contributed by atoms with Gasteiger partial charge in [0.1, 0.15) is 11.8 Å². The molecule has 1 atom stereocenters. The van der Waals surface area contributed by atoms with Crippen molar-refractivity contribution in [3.05, 3.63) is 29.8 Å². The molecule has 1 amide bonds. The van der Waals surface area contributed by atoms with Crippen LogP contribution in [0.5, 0.6) is 5.75 Å². The molecule has 1 rings (SSSR count). The van der Waals surface area contributed by atoms with E-state index in [2.05, 4.69) is 5.32 Å². The Labute approximate surface area is 123 Å². The molecule has 6 nitrogen and oxygen atoms in total. The predicted octanol–water partition coefficient (Wildman–Crippen LogP) is 1.55. The van der Waals surface area contributed by atoms with Crippen LogP contribution in [-0.2, 0) is 9.59 Å². The number of para-hydroxylation sites is 1. The molecule has 2 N–H and O–H groups in total. The number of aliphatic carboxylic acids is 1. The van der Waals surface area contributed by atoms with Crippen LogP contribution in [0, 0.1) is 17.2 Å². The van der Waals surface area contributed by atoms with Crippen molar-refractivity contribution < 1.29 is 19.4 Å². The minimum absolute atomic E-state index is 0.00329. The molecule has 1 aromatic carbocycles. The summed E-state index contributed by atoms with van der Waals surface area (Å²) in [5, 5.41) is 20.3. The van der Waals surface area contributed by atoms with Crippen molar-refractivity contribution in [1.82, 2.24) is 5.32 Å². The maximum Gasteiger partial charge on any atom is 0.305 e. The second-order valence-electron chi connectivity index (χ2n) is 4.91. The average Bonchev–Trinajstić information content (AvgIpc) is 2.44. The number of hydrogen-bond acceptors (Lipinski definition) is 4. The predicted molar refractivity (Wildman–Crippen MR) is 75.7 cm³/mol. The molecule has 0 radical (unpaired) electrons. The number of rotatable bonds is 7. The summed E-state index contributed by atoms with van der Waals surface area (Å²) in [4.78, 5) is 22.5. The van der Waals surface area contributed by atoms with Crippen molar-refractivity contribution in [2.75, 3.05) is 6.61 Å². The van der Waals surface area contributed by atoms with E-state index in [1.165, 1.54) is 0 Å². The van der Waals surface area contributed by atoms with E-state index in [0.29, 0.717) is 11.3 Å². The molecule has 0 aliphatic heterocycles. The molecule has 0 aliphatic rings. The number of benzene rings is 1. The number of amides is 1. The van der Waals surface area contributed by atoms with E-state index in [1.807, 2.05) is 19.9 Å². The molecule has 0 aliphatic carbocycles. The molecule has 0 heterocycles. The lowest BCUT2D eigenvalue weighted by atomic mass is 10.0. The van der Waals surface area contributed by atoms with E-state index in [9.17, 15) is 9.59 Å². The molecule has 6 heteroatoms. The largest absolute Gasteiger partial charge is 0.482 e. The number of nitriles is 1. The first-order chi connectivity index (χ1) is 9.93. The van der Waals surface area contributed by atoms with Gasteiger partial charge in [-0.2, -0.15) is 5.26 Å². The maximum atomic E-state index is 11.8. The molecular formula is C15H18N2O4. The van der Waals surface area contributed by atoms with Crippen LogP contribution in [-0.4, -0.2) is 29.6 Å². The third-order valence-corrected chi connectivity index (χ3v) is 2.91. The highest BCUT2D eigenvalue weighted by Crippen LogP contribution is 2.16. The van der Waals surface area contributed by atoms with Crippen molar-refractivity contribution in [2.45, 2.75) is 26.3 Å². The Morgan fingerprint density at radius 3 is 2.62 bits per heavy atom. The van der Waals surface area contributed by atoms with Gasteiger partial charge in [-0.05, 0) is 18.1 Å². The second-order valence-corrected chi connectivity index (χ2v) is 4.91. The van der Waals surface area contributed by atoms with Crippen molar-refractivity contribution in [1.29, 1.82) is 5.26 Å². The quantitative estimate of drug-likeness (QED) is 0.793. The van der Waals surface area contributed by atoms with Crippen LogP contribution in [0.2, 0.25) is 0 Å². The number of ether oxygens (including phenoxy) is 1. The number of hydrogen-bond donors (Lipinski definition) is 2. The zero-order valence-corrected chi connectivity index (χ0v) is 12.0. The van der Waals surface area contributed by atoms with E-state index in [1.54, 1.807) is 24.3 Å². The molecular weight excluding hydrogens is 272 g/mol. The Hall–Kier alpha value is -2.55. The molecule has 1 unspecified atom stereocenters. The lowest BCUT2D eigenvalue weighted by Crippen LogP contribution is -2.42. The first-order valence-electron chi connectivity index (χ1n) is 6.57. The molecule has 0 bridgehead atoms.